The molecule has 1 aromatic rings. The van der Waals surface area contributed by atoms with Crippen LogP contribution in [0.2, 0.25) is 0 Å². The van der Waals surface area contributed by atoms with Crippen molar-refractivity contribution < 1.29 is 4.74 Å². The molecule has 0 amide bonds. The Morgan fingerprint density at radius 2 is 1.95 bits per heavy atom. The van der Waals surface area contributed by atoms with E-state index in [1.54, 1.807) is 0 Å². The van der Waals surface area contributed by atoms with E-state index in [0.717, 1.165) is 36.4 Å². The molecule has 0 radical (unpaired) electrons. The molecule has 0 aliphatic carbocycles. The predicted molar refractivity (Wildman–Crippen MR) is 89.4 cm³/mol. The lowest BCUT2D eigenvalue weighted by atomic mass is 10.2. The van der Waals surface area contributed by atoms with Crippen LogP contribution >= 0.6 is 15.9 Å². The summed E-state index contributed by atoms with van der Waals surface area (Å²) < 4.78 is 6.54. The van der Waals surface area contributed by atoms with Crippen molar-refractivity contribution in [2.75, 3.05) is 32.8 Å². The molecule has 114 valence electrons. The van der Waals surface area contributed by atoms with Gasteiger partial charge < -0.3 is 15.0 Å². The summed E-state index contributed by atoms with van der Waals surface area (Å²) in [5, 5.41) is 3.50. The van der Waals surface area contributed by atoms with E-state index in [4.69, 9.17) is 4.74 Å². The maximum absolute atomic E-state index is 5.51. The fourth-order valence-corrected chi connectivity index (χ4v) is 2.67. The van der Waals surface area contributed by atoms with Crippen molar-refractivity contribution in [3.05, 3.63) is 28.2 Å². The number of rotatable bonds is 10. The van der Waals surface area contributed by atoms with E-state index in [1.807, 2.05) is 13.0 Å². The molecule has 20 heavy (non-hydrogen) atoms. The van der Waals surface area contributed by atoms with Crippen LogP contribution in [0.3, 0.4) is 0 Å². The van der Waals surface area contributed by atoms with Gasteiger partial charge in [0.2, 0.25) is 0 Å². The van der Waals surface area contributed by atoms with Gasteiger partial charge in [-0.1, -0.05) is 19.9 Å². The van der Waals surface area contributed by atoms with Crippen molar-refractivity contribution in [3.8, 4) is 5.75 Å². The number of ether oxygens (including phenoxy) is 1. The van der Waals surface area contributed by atoms with Crippen LogP contribution in [0.1, 0.15) is 32.8 Å². The predicted octanol–water partition coefficient (Wildman–Crippen LogP) is 3.67. The van der Waals surface area contributed by atoms with Crippen molar-refractivity contribution in [1.29, 1.82) is 0 Å². The molecule has 0 saturated heterocycles. The van der Waals surface area contributed by atoms with Gasteiger partial charge in [0.05, 0.1) is 11.1 Å². The Hall–Kier alpha value is -0.580. The van der Waals surface area contributed by atoms with Crippen LogP contribution in [0.5, 0.6) is 5.75 Å². The SMILES string of the molecule is CCOc1ccc(CNCCCN(CC)CC)cc1Br. The molecule has 0 aromatic heterocycles. The lowest BCUT2D eigenvalue weighted by Crippen LogP contribution is -2.27. The zero-order valence-electron chi connectivity index (χ0n) is 12.9. The van der Waals surface area contributed by atoms with Crippen molar-refractivity contribution in [2.45, 2.75) is 33.7 Å². The van der Waals surface area contributed by atoms with E-state index in [2.05, 4.69) is 52.1 Å². The van der Waals surface area contributed by atoms with E-state index in [-0.39, 0.29) is 0 Å². The molecule has 0 aliphatic rings. The van der Waals surface area contributed by atoms with Crippen molar-refractivity contribution in [2.24, 2.45) is 0 Å². The van der Waals surface area contributed by atoms with Crippen molar-refractivity contribution >= 4 is 15.9 Å². The minimum absolute atomic E-state index is 0.696. The highest BCUT2D eigenvalue weighted by Gasteiger charge is 2.02. The second kappa shape index (κ2) is 10.2. The Morgan fingerprint density at radius 3 is 2.55 bits per heavy atom. The maximum atomic E-state index is 5.51. The Bertz CT molecular complexity index is 381. The number of hydrogen-bond acceptors (Lipinski definition) is 3. The van der Waals surface area contributed by atoms with E-state index < -0.39 is 0 Å². The van der Waals surface area contributed by atoms with Crippen LogP contribution in [0, 0.1) is 0 Å². The van der Waals surface area contributed by atoms with Crippen LogP contribution in [-0.2, 0) is 6.54 Å². The molecule has 1 rings (SSSR count). The number of halogens is 1. The number of hydrogen-bond donors (Lipinski definition) is 1. The molecule has 3 nitrogen and oxygen atoms in total. The van der Waals surface area contributed by atoms with Gasteiger partial charge in [-0.25, -0.2) is 0 Å². The summed E-state index contributed by atoms with van der Waals surface area (Å²) in [6, 6.07) is 6.27. The molecule has 1 N–H and O–H groups in total. The zero-order chi connectivity index (χ0) is 14.8. The van der Waals surface area contributed by atoms with Crippen molar-refractivity contribution in [3.63, 3.8) is 0 Å². The monoisotopic (exact) mass is 342 g/mol. The standard InChI is InChI=1S/C16H27BrN2O/c1-4-19(5-2)11-7-10-18-13-14-8-9-16(20-6-3)15(17)12-14/h8-9,12,18H,4-7,10-11,13H2,1-3H3. The normalized spacial score (nSPS) is 11.1. The van der Waals surface area contributed by atoms with Gasteiger partial charge in [-0.15, -0.1) is 0 Å². The summed E-state index contributed by atoms with van der Waals surface area (Å²) in [7, 11) is 0. The molecule has 4 heteroatoms. The van der Waals surface area contributed by atoms with Crippen LogP contribution < -0.4 is 10.1 Å². The fraction of sp³-hybridized carbons (Fsp3) is 0.625. The molecule has 0 fully saturated rings. The van der Waals surface area contributed by atoms with Gasteiger partial charge in [-0.05, 0) is 73.1 Å². The molecular weight excluding hydrogens is 316 g/mol. The van der Waals surface area contributed by atoms with Gasteiger partial charge in [-0.2, -0.15) is 0 Å². The van der Waals surface area contributed by atoms with E-state index in [1.165, 1.54) is 18.5 Å². The fourth-order valence-electron chi connectivity index (χ4n) is 2.13. The third kappa shape index (κ3) is 6.25. The topological polar surface area (TPSA) is 24.5 Å². The van der Waals surface area contributed by atoms with Gasteiger partial charge in [0, 0.05) is 6.54 Å². The van der Waals surface area contributed by atoms with Gasteiger partial charge >= 0.3 is 0 Å². The lowest BCUT2D eigenvalue weighted by molar-refractivity contribution is 0.298. The minimum atomic E-state index is 0.696. The van der Waals surface area contributed by atoms with E-state index >= 15 is 0 Å². The number of nitrogens with zero attached hydrogens (tertiary/aromatic N) is 1. The first-order chi connectivity index (χ1) is 9.71. The van der Waals surface area contributed by atoms with Crippen LogP contribution in [0.4, 0.5) is 0 Å². The first kappa shape index (κ1) is 17.5. The minimum Gasteiger partial charge on any atom is -0.493 e. The Morgan fingerprint density at radius 1 is 1.20 bits per heavy atom. The largest absolute Gasteiger partial charge is 0.493 e. The molecule has 0 saturated carbocycles. The molecule has 0 bridgehead atoms. The first-order valence-electron chi connectivity index (χ1n) is 7.55. The highest BCUT2D eigenvalue weighted by atomic mass is 79.9. The third-order valence-corrected chi connectivity index (χ3v) is 3.97. The van der Waals surface area contributed by atoms with Gasteiger partial charge in [-0.3, -0.25) is 0 Å². The third-order valence-electron chi connectivity index (χ3n) is 3.35. The van der Waals surface area contributed by atoms with Gasteiger partial charge in [0.15, 0.2) is 0 Å². The summed E-state index contributed by atoms with van der Waals surface area (Å²) in [6.45, 7) is 12.5. The summed E-state index contributed by atoms with van der Waals surface area (Å²) >= 11 is 3.55. The van der Waals surface area contributed by atoms with Gasteiger partial charge in [0.1, 0.15) is 5.75 Å². The second-order valence-corrected chi connectivity index (χ2v) is 5.61. The zero-order valence-corrected chi connectivity index (χ0v) is 14.5. The summed E-state index contributed by atoms with van der Waals surface area (Å²) in [5.74, 6) is 0.915. The average Bonchev–Trinajstić information content (AvgIpc) is 2.46. The quantitative estimate of drug-likeness (QED) is 0.656. The Labute approximate surface area is 131 Å². The van der Waals surface area contributed by atoms with Crippen LogP contribution in [0.15, 0.2) is 22.7 Å². The van der Waals surface area contributed by atoms with E-state index in [0.29, 0.717) is 6.61 Å². The average molecular weight is 343 g/mol. The van der Waals surface area contributed by atoms with Crippen LogP contribution in [0.25, 0.3) is 0 Å². The molecule has 0 atom stereocenters. The Kier molecular flexibility index (Phi) is 8.90. The maximum Gasteiger partial charge on any atom is 0.133 e. The summed E-state index contributed by atoms with van der Waals surface area (Å²) in [4.78, 5) is 2.45. The highest BCUT2D eigenvalue weighted by molar-refractivity contribution is 9.10. The first-order valence-corrected chi connectivity index (χ1v) is 8.34. The molecule has 0 spiro atoms. The number of nitrogens with one attached hydrogen (secondary N) is 1. The molecule has 0 unspecified atom stereocenters. The Balaban J connectivity index is 2.27. The number of benzene rings is 1. The molecule has 1 aromatic carbocycles. The highest BCUT2D eigenvalue weighted by Crippen LogP contribution is 2.25. The smallest absolute Gasteiger partial charge is 0.133 e. The second-order valence-electron chi connectivity index (χ2n) is 4.75. The summed E-state index contributed by atoms with van der Waals surface area (Å²) in [5.41, 5.74) is 1.28. The lowest BCUT2D eigenvalue weighted by Gasteiger charge is -2.17. The molecule has 0 aliphatic heterocycles. The summed E-state index contributed by atoms with van der Waals surface area (Å²) in [6.07, 6.45) is 1.19. The van der Waals surface area contributed by atoms with E-state index in [9.17, 15) is 0 Å². The molecular formula is C16H27BrN2O. The van der Waals surface area contributed by atoms with Gasteiger partial charge in [0.25, 0.3) is 0 Å². The van der Waals surface area contributed by atoms with Crippen LogP contribution in [-0.4, -0.2) is 37.7 Å². The molecule has 0 heterocycles. The van der Waals surface area contributed by atoms with Crippen molar-refractivity contribution in [1.82, 2.24) is 10.2 Å².